The van der Waals surface area contributed by atoms with E-state index in [2.05, 4.69) is 6.92 Å². The van der Waals surface area contributed by atoms with Crippen LogP contribution >= 0.6 is 0 Å². The Balaban J connectivity index is 1.73. The van der Waals surface area contributed by atoms with E-state index in [-0.39, 0.29) is 11.3 Å². The second-order valence-corrected chi connectivity index (χ2v) is 8.53. The Morgan fingerprint density at radius 2 is 1.68 bits per heavy atom. The largest absolute Gasteiger partial charge is 0.507 e. The van der Waals surface area contributed by atoms with Gasteiger partial charge in [0.1, 0.15) is 29.1 Å². The third-order valence-electron chi connectivity index (χ3n) is 5.93. The van der Waals surface area contributed by atoms with Crippen molar-refractivity contribution in [1.82, 2.24) is 0 Å². The van der Waals surface area contributed by atoms with Gasteiger partial charge in [-0.25, -0.2) is 0 Å². The van der Waals surface area contributed by atoms with E-state index < -0.39 is 17.7 Å². The summed E-state index contributed by atoms with van der Waals surface area (Å²) in [5, 5.41) is 11.2. The van der Waals surface area contributed by atoms with Gasteiger partial charge < -0.3 is 14.3 Å². The molecule has 0 spiro atoms. The number of anilines is 1. The lowest BCUT2D eigenvalue weighted by Gasteiger charge is -2.23. The SMILES string of the molecule is CCCCCOc1ccc(/C(O)=C2/C(=O)C(=O)N(c3ccc(C)cc3)C2c2ccc(C)o2)cc1. The van der Waals surface area contributed by atoms with Gasteiger partial charge in [0.15, 0.2) is 0 Å². The zero-order valence-electron chi connectivity index (χ0n) is 19.7. The number of rotatable bonds is 8. The molecular formula is C28H29NO5. The maximum Gasteiger partial charge on any atom is 0.300 e. The van der Waals surface area contributed by atoms with Gasteiger partial charge in [0.05, 0.1) is 12.2 Å². The Morgan fingerprint density at radius 3 is 2.29 bits per heavy atom. The van der Waals surface area contributed by atoms with Crippen LogP contribution in [0.1, 0.15) is 54.9 Å². The van der Waals surface area contributed by atoms with Crippen LogP contribution < -0.4 is 9.64 Å². The number of aliphatic hydroxyl groups is 1. The molecule has 1 fully saturated rings. The fourth-order valence-corrected chi connectivity index (χ4v) is 4.08. The number of unbranched alkanes of at least 4 members (excludes halogenated alkanes) is 2. The van der Waals surface area contributed by atoms with Crippen LogP contribution in [0.3, 0.4) is 0 Å². The first-order valence-corrected chi connectivity index (χ1v) is 11.6. The standard InChI is InChI=1S/C28H29NO5/c1-4-5-6-17-33-22-14-10-20(11-15-22)26(30)24-25(23-16-9-19(3)34-23)29(28(32)27(24)31)21-12-7-18(2)8-13-21/h7-16,25,30H,4-6,17H2,1-3H3/b26-24-. The highest BCUT2D eigenvalue weighted by molar-refractivity contribution is 6.51. The van der Waals surface area contributed by atoms with Gasteiger partial charge in [-0.3, -0.25) is 14.5 Å². The van der Waals surface area contributed by atoms with Gasteiger partial charge >= 0.3 is 0 Å². The van der Waals surface area contributed by atoms with Crippen molar-refractivity contribution in [3.05, 3.63) is 88.9 Å². The first-order chi connectivity index (χ1) is 16.4. The topological polar surface area (TPSA) is 80.0 Å². The molecule has 4 rings (SSSR count). The molecule has 1 aromatic heterocycles. The summed E-state index contributed by atoms with van der Waals surface area (Å²) in [4.78, 5) is 27.7. The third kappa shape index (κ3) is 4.62. The highest BCUT2D eigenvalue weighted by atomic mass is 16.5. The number of aliphatic hydroxyl groups excluding tert-OH is 1. The molecule has 1 aliphatic heterocycles. The molecule has 0 radical (unpaired) electrons. The number of aryl methyl sites for hydroxylation is 2. The minimum Gasteiger partial charge on any atom is -0.507 e. The van der Waals surface area contributed by atoms with Gasteiger partial charge in [-0.2, -0.15) is 0 Å². The molecule has 176 valence electrons. The van der Waals surface area contributed by atoms with Crippen molar-refractivity contribution in [2.75, 3.05) is 11.5 Å². The summed E-state index contributed by atoms with van der Waals surface area (Å²) in [6.45, 7) is 6.50. The number of Topliss-reactive ketones (excluding diaryl/α,β-unsaturated/α-hetero) is 1. The molecule has 0 saturated carbocycles. The highest BCUT2D eigenvalue weighted by Crippen LogP contribution is 2.42. The highest BCUT2D eigenvalue weighted by Gasteiger charge is 2.48. The summed E-state index contributed by atoms with van der Waals surface area (Å²) in [5.74, 6) is 0.0386. The van der Waals surface area contributed by atoms with Crippen LogP contribution in [0.15, 0.2) is 70.7 Å². The molecule has 1 N–H and O–H groups in total. The molecule has 1 amide bonds. The minimum atomic E-state index is -0.874. The zero-order valence-corrected chi connectivity index (χ0v) is 19.7. The van der Waals surface area contributed by atoms with E-state index in [4.69, 9.17) is 9.15 Å². The number of nitrogens with zero attached hydrogens (tertiary/aromatic N) is 1. The van der Waals surface area contributed by atoms with Crippen LogP contribution in [0.5, 0.6) is 5.75 Å². The lowest BCUT2D eigenvalue weighted by atomic mass is 9.99. The molecule has 0 aliphatic carbocycles. The van der Waals surface area contributed by atoms with Crippen molar-refractivity contribution in [2.45, 2.75) is 46.1 Å². The molecule has 1 aliphatic rings. The Labute approximate surface area is 199 Å². The van der Waals surface area contributed by atoms with Gasteiger partial charge in [-0.05, 0) is 68.8 Å². The average molecular weight is 460 g/mol. The van der Waals surface area contributed by atoms with Gasteiger partial charge in [0.2, 0.25) is 0 Å². The maximum atomic E-state index is 13.2. The summed E-state index contributed by atoms with van der Waals surface area (Å²) in [6, 6.07) is 16.8. The first-order valence-electron chi connectivity index (χ1n) is 11.6. The van der Waals surface area contributed by atoms with E-state index in [1.807, 2.05) is 19.1 Å². The number of furan rings is 1. The first kappa shape index (κ1) is 23.4. The number of hydrogen-bond donors (Lipinski definition) is 1. The molecule has 6 nitrogen and oxygen atoms in total. The molecule has 0 bridgehead atoms. The summed E-state index contributed by atoms with van der Waals surface area (Å²) >= 11 is 0. The van der Waals surface area contributed by atoms with Crippen LogP contribution in [0, 0.1) is 13.8 Å². The lowest BCUT2D eigenvalue weighted by molar-refractivity contribution is -0.132. The van der Waals surface area contributed by atoms with Crippen molar-refractivity contribution >= 4 is 23.1 Å². The smallest absolute Gasteiger partial charge is 0.300 e. The number of ether oxygens (including phenoxy) is 1. The Bertz CT molecular complexity index is 1200. The number of hydrogen-bond acceptors (Lipinski definition) is 5. The lowest BCUT2D eigenvalue weighted by Crippen LogP contribution is -2.29. The van der Waals surface area contributed by atoms with Crippen LogP contribution in [-0.2, 0) is 9.59 Å². The number of carbonyl (C=O) groups is 2. The second kappa shape index (κ2) is 10.00. The number of benzene rings is 2. The summed E-state index contributed by atoms with van der Waals surface area (Å²) < 4.78 is 11.6. The van der Waals surface area contributed by atoms with E-state index >= 15 is 0 Å². The zero-order chi connectivity index (χ0) is 24.2. The van der Waals surface area contributed by atoms with Crippen molar-refractivity contribution in [2.24, 2.45) is 0 Å². The molecule has 1 atom stereocenters. The number of ketones is 1. The van der Waals surface area contributed by atoms with Gasteiger partial charge in [0, 0.05) is 11.3 Å². The van der Waals surface area contributed by atoms with Crippen molar-refractivity contribution in [1.29, 1.82) is 0 Å². The molecule has 3 aromatic rings. The maximum absolute atomic E-state index is 13.2. The Hall–Kier alpha value is -3.80. The van der Waals surface area contributed by atoms with Gasteiger partial charge in [-0.1, -0.05) is 37.5 Å². The summed E-state index contributed by atoms with van der Waals surface area (Å²) in [5.41, 5.74) is 2.01. The normalized spacial score (nSPS) is 17.4. The fraction of sp³-hybridized carbons (Fsp3) is 0.286. The molecule has 6 heteroatoms. The molecule has 2 heterocycles. The van der Waals surface area contributed by atoms with Gasteiger partial charge in [-0.15, -0.1) is 0 Å². The summed E-state index contributed by atoms with van der Waals surface area (Å²) in [6.07, 6.45) is 3.20. The molecule has 34 heavy (non-hydrogen) atoms. The second-order valence-electron chi connectivity index (χ2n) is 8.53. The predicted molar refractivity (Wildman–Crippen MR) is 131 cm³/mol. The van der Waals surface area contributed by atoms with E-state index in [1.165, 1.54) is 4.90 Å². The Kier molecular flexibility index (Phi) is 6.87. The average Bonchev–Trinajstić information content (AvgIpc) is 3.38. The van der Waals surface area contributed by atoms with Crippen LogP contribution in [0.4, 0.5) is 5.69 Å². The number of amides is 1. The fourth-order valence-electron chi connectivity index (χ4n) is 4.08. The predicted octanol–water partition coefficient (Wildman–Crippen LogP) is 6.09. The van der Waals surface area contributed by atoms with Crippen molar-refractivity contribution in [3.63, 3.8) is 0 Å². The monoisotopic (exact) mass is 459 g/mol. The van der Waals surface area contributed by atoms with E-state index in [1.54, 1.807) is 55.5 Å². The van der Waals surface area contributed by atoms with Crippen LogP contribution in [0.25, 0.3) is 5.76 Å². The summed E-state index contributed by atoms with van der Waals surface area (Å²) in [7, 11) is 0. The number of carbonyl (C=O) groups excluding carboxylic acids is 2. The van der Waals surface area contributed by atoms with Crippen molar-refractivity contribution < 1.29 is 23.8 Å². The van der Waals surface area contributed by atoms with Crippen molar-refractivity contribution in [3.8, 4) is 5.75 Å². The Morgan fingerprint density at radius 1 is 0.971 bits per heavy atom. The van der Waals surface area contributed by atoms with Gasteiger partial charge in [0.25, 0.3) is 11.7 Å². The minimum absolute atomic E-state index is 0.00320. The molecular weight excluding hydrogens is 430 g/mol. The van der Waals surface area contributed by atoms with Crippen LogP contribution in [0.2, 0.25) is 0 Å². The molecule has 1 unspecified atom stereocenters. The van der Waals surface area contributed by atoms with E-state index in [9.17, 15) is 14.7 Å². The van der Waals surface area contributed by atoms with Crippen LogP contribution in [-0.4, -0.2) is 23.4 Å². The van der Waals surface area contributed by atoms with E-state index in [0.29, 0.717) is 35.1 Å². The van der Waals surface area contributed by atoms with E-state index in [0.717, 1.165) is 24.8 Å². The molecule has 1 saturated heterocycles. The molecule has 2 aromatic carbocycles. The quantitative estimate of drug-likeness (QED) is 0.191. The third-order valence-corrected chi connectivity index (χ3v) is 5.93.